The van der Waals surface area contributed by atoms with Crippen LogP contribution in [0, 0.1) is 0 Å². The molecule has 112 valence electrons. The second-order valence-electron chi connectivity index (χ2n) is 4.89. The highest BCUT2D eigenvalue weighted by atomic mass is 35.5. The second-order valence-corrected chi connectivity index (χ2v) is 5.33. The lowest BCUT2D eigenvalue weighted by Crippen LogP contribution is -2.14. The smallest absolute Gasteiger partial charge is 0.219 e. The van der Waals surface area contributed by atoms with Crippen molar-refractivity contribution in [3.8, 4) is 11.6 Å². The third-order valence-corrected chi connectivity index (χ3v) is 3.32. The summed E-state index contributed by atoms with van der Waals surface area (Å²) in [7, 11) is 0. The van der Waals surface area contributed by atoms with Gasteiger partial charge < -0.3 is 10.1 Å². The summed E-state index contributed by atoms with van der Waals surface area (Å²) in [5, 5.41) is 4.10. The highest BCUT2D eigenvalue weighted by molar-refractivity contribution is 6.30. The van der Waals surface area contributed by atoms with E-state index in [-0.39, 0.29) is 0 Å². The van der Waals surface area contributed by atoms with E-state index in [0.29, 0.717) is 10.9 Å². The van der Waals surface area contributed by atoms with Gasteiger partial charge in [0.25, 0.3) is 0 Å². The summed E-state index contributed by atoms with van der Waals surface area (Å²) in [5.74, 6) is 1.37. The van der Waals surface area contributed by atoms with Gasteiger partial charge in [-0.2, -0.15) is 0 Å². The first kappa shape index (κ1) is 15.8. The number of hydrogen-bond donors (Lipinski definition) is 1. The lowest BCUT2D eigenvalue weighted by molar-refractivity contribution is 0.459. The first-order valence-corrected chi connectivity index (χ1v) is 7.73. The Morgan fingerprint density at radius 1 is 1.14 bits per heavy atom. The van der Waals surface area contributed by atoms with E-state index in [1.54, 1.807) is 0 Å². The summed E-state index contributed by atoms with van der Waals surface area (Å²) in [4.78, 5) is 4.51. The third-order valence-electron chi connectivity index (χ3n) is 3.07. The minimum atomic E-state index is 0.630. The Balaban J connectivity index is 2.13. The number of pyridine rings is 1. The van der Waals surface area contributed by atoms with Gasteiger partial charge in [-0.15, -0.1) is 0 Å². The van der Waals surface area contributed by atoms with Crippen molar-refractivity contribution in [2.75, 3.05) is 6.54 Å². The van der Waals surface area contributed by atoms with Crippen LogP contribution in [-0.4, -0.2) is 11.5 Å². The molecule has 0 spiro atoms. The molecule has 0 amide bonds. The summed E-state index contributed by atoms with van der Waals surface area (Å²) in [5.41, 5.74) is 2.23. The number of hydrogen-bond acceptors (Lipinski definition) is 3. The molecule has 1 aromatic heterocycles. The van der Waals surface area contributed by atoms with E-state index >= 15 is 0 Å². The van der Waals surface area contributed by atoms with Crippen LogP contribution in [0.5, 0.6) is 11.6 Å². The molecule has 0 fully saturated rings. The van der Waals surface area contributed by atoms with Crippen molar-refractivity contribution in [1.82, 2.24) is 10.3 Å². The summed E-state index contributed by atoms with van der Waals surface area (Å²) in [6.07, 6.45) is 2.01. The Kier molecular flexibility index (Phi) is 6.03. The maximum Gasteiger partial charge on any atom is 0.219 e. The zero-order valence-corrected chi connectivity index (χ0v) is 13.3. The Morgan fingerprint density at radius 2 is 1.90 bits per heavy atom. The molecule has 2 aromatic rings. The first-order chi connectivity index (χ1) is 10.2. The van der Waals surface area contributed by atoms with E-state index in [1.807, 2.05) is 30.3 Å². The molecular weight excluding hydrogens is 284 g/mol. The normalized spacial score (nSPS) is 10.6. The maximum atomic E-state index is 5.88. The van der Waals surface area contributed by atoms with Gasteiger partial charge in [0.15, 0.2) is 0 Å². The van der Waals surface area contributed by atoms with E-state index < -0.39 is 0 Å². The van der Waals surface area contributed by atoms with Crippen LogP contribution < -0.4 is 10.1 Å². The van der Waals surface area contributed by atoms with Crippen LogP contribution in [0.2, 0.25) is 5.02 Å². The monoisotopic (exact) mass is 304 g/mol. The Labute approximate surface area is 131 Å². The molecule has 1 aromatic carbocycles. The molecule has 0 aliphatic rings. The number of nitrogens with one attached hydrogen (secondary N) is 1. The van der Waals surface area contributed by atoms with Gasteiger partial charge in [0.05, 0.1) is 0 Å². The van der Waals surface area contributed by atoms with Gasteiger partial charge in [0.1, 0.15) is 5.75 Å². The van der Waals surface area contributed by atoms with Crippen LogP contribution in [0.25, 0.3) is 0 Å². The highest BCUT2D eigenvalue weighted by Gasteiger charge is 2.04. The highest BCUT2D eigenvalue weighted by Crippen LogP contribution is 2.23. The van der Waals surface area contributed by atoms with Crippen LogP contribution in [0.1, 0.15) is 31.5 Å². The van der Waals surface area contributed by atoms with Crippen molar-refractivity contribution in [3.05, 3.63) is 52.7 Å². The zero-order chi connectivity index (χ0) is 15.1. The molecule has 0 aliphatic carbocycles. The Bertz CT molecular complexity index is 570. The average Bonchev–Trinajstić information content (AvgIpc) is 2.50. The van der Waals surface area contributed by atoms with Gasteiger partial charge >= 0.3 is 0 Å². The number of benzene rings is 1. The third kappa shape index (κ3) is 5.03. The molecule has 4 heteroatoms. The predicted molar refractivity (Wildman–Crippen MR) is 87.1 cm³/mol. The fraction of sp³-hybridized carbons (Fsp3) is 0.353. The summed E-state index contributed by atoms with van der Waals surface area (Å²) < 4.78 is 5.83. The standard InChI is InChI=1S/C17H21ClN2O/c1-3-9-19-12-13-10-15(4-2)20-17(11-13)21-16-7-5-14(18)6-8-16/h5-8,10-11,19H,3-4,9,12H2,1-2H3. The topological polar surface area (TPSA) is 34.2 Å². The molecule has 1 N–H and O–H groups in total. The Morgan fingerprint density at radius 3 is 2.57 bits per heavy atom. The van der Waals surface area contributed by atoms with Crippen molar-refractivity contribution < 1.29 is 4.74 Å². The SMILES string of the molecule is CCCNCc1cc(CC)nc(Oc2ccc(Cl)cc2)c1. The number of aromatic nitrogens is 1. The number of aryl methyl sites for hydroxylation is 1. The van der Waals surface area contributed by atoms with Crippen molar-refractivity contribution in [2.24, 2.45) is 0 Å². The largest absolute Gasteiger partial charge is 0.439 e. The van der Waals surface area contributed by atoms with E-state index in [4.69, 9.17) is 16.3 Å². The second kappa shape index (κ2) is 8.01. The average molecular weight is 305 g/mol. The van der Waals surface area contributed by atoms with Crippen LogP contribution in [0.3, 0.4) is 0 Å². The predicted octanol–water partition coefficient (Wildman–Crippen LogP) is 4.59. The van der Waals surface area contributed by atoms with E-state index in [2.05, 4.69) is 30.2 Å². The van der Waals surface area contributed by atoms with Crippen molar-refractivity contribution in [3.63, 3.8) is 0 Å². The van der Waals surface area contributed by atoms with Crippen molar-refractivity contribution >= 4 is 11.6 Å². The molecule has 2 rings (SSSR count). The van der Waals surface area contributed by atoms with Gasteiger partial charge in [-0.25, -0.2) is 4.98 Å². The number of ether oxygens (including phenoxy) is 1. The molecule has 0 saturated heterocycles. The minimum absolute atomic E-state index is 0.630. The summed E-state index contributed by atoms with van der Waals surface area (Å²) in [6, 6.07) is 11.4. The van der Waals surface area contributed by atoms with E-state index in [9.17, 15) is 0 Å². The van der Waals surface area contributed by atoms with Gasteiger partial charge in [0, 0.05) is 23.3 Å². The fourth-order valence-electron chi connectivity index (χ4n) is 1.99. The van der Waals surface area contributed by atoms with Gasteiger partial charge in [0.2, 0.25) is 5.88 Å². The lowest BCUT2D eigenvalue weighted by Gasteiger charge is -2.10. The molecular formula is C17H21ClN2O. The van der Waals surface area contributed by atoms with Crippen LogP contribution >= 0.6 is 11.6 Å². The fourth-order valence-corrected chi connectivity index (χ4v) is 2.11. The van der Waals surface area contributed by atoms with Crippen molar-refractivity contribution in [2.45, 2.75) is 33.2 Å². The van der Waals surface area contributed by atoms with Crippen LogP contribution in [0.4, 0.5) is 0 Å². The van der Waals surface area contributed by atoms with Crippen LogP contribution in [0.15, 0.2) is 36.4 Å². The van der Waals surface area contributed by atoms with Crippen molar-refractivity contribution in [1.29, 1.82) is 0 Å². The molecule has 0 aliphatic heterocycles. The number of nitrogens with zero attached hydrogens (tertiary/aromatic N) is 1. The molecule has 3 nitrogen and oxygen atoms in total. The summed E-state index contributed by atoms with van der Waals surface area (Å²) in [6.45, 7) is 6.10. The molecule has 0 unspecified atom stereocenters. The molecule has 0 atom stereocenters. The molecule has 0 saturated carbocycles. The van der Waals surface area contributed by atoms with E-state index in [0.717, 1.165) is 37.4 Å². The first-order valence-electron chi connectivity index (χ1n) is 7.35. The molecule has 0 radical (unpaired) electrons. The number of halogens is 1. The van der Waals surface area contributed by atoms with Crippen LogP contribution in [-0.2, 0) is 13.0 Å². The minimum Gasteiger partial charge on any atom is -0.439 e. The lowest BCUT2D eigenvalue weighted by atomic mass is 10.2. The quantitative estimate of drug-likeness (QED) is 0.760. The van der Waals surface area contributed by atoms with Gasteiger partial charge in [-0.1, -0.05) is 25.4 Å². The zero-order valence-electron chi connectivity index (χ0n) is 12.5. The molecule has 0 bridgehead atoms. The van der Waals surface area contributed by atoms with Gasteiger partial charge in [-0.05, 0) is 55.3 Å². The maximum absolute atomic E-state index is 5.88. The molecule has 1 heterocycles. The Hall–Kier alpha value is -1.58. The van der Waals surface area contributed by atoms with Gasteiger partial charge in [-0.3, -0.25) is 0 Å². The summed E-state index contributed by atoms with van der Waals surface area (Å²) >= 11 is 5.88. The molecule has 21 heavy (non-hydrogen) atoms. The number of rotatable bonds is 7. The van der Waals surface area contributed by atoms with E-state index in [1.165, 1.54) is 5.56 Å².